The third-order valence-corrected chi connectivity index (χ3v) is 1.88. The molecule has 0 bridgehead atoms. The van der Waals surface area contributed by atoms with Crippen LogP contribution in [0.15, 0.2) is 0 Å². The van der Waals surface area contributed by atoms with Gasteiger partial charge in [-0.1, -0.05) is 0 Å². The minimum absolute atomic E-state index is 0.641. The molecule has 13 heavy (non-hydrogen) atoms. The van der Waals surface area contributed by atoms with E-state index < -0.39 is 11.5 Å². The molecule has 0 spiro atoms. The molecule has 0 saturated heterocycles. The largest absolute Gasteiger partial charge is 0.480 e. The number of nitrogens with two attached hydrogens (primary N) is 1. The Morgan fingerprint density at radius 2 is 1.92 bits per heavy atom. The van der Waals surface area contributed by atoms with Crippen molar-refractivity contribution in [2.24, 2.45) is 5.73 Å². The van der Waals surface area contributed by atoms with Crippen LogP contribution in [0.25, 0.3) is 0 Å². The normalized spacial score (nSPS) is 17.5. The van der Waals surface area contributed by atoms with Gasteiger partial charge in [0.1, 0.15) is 5.54 Å². The smallest absolute Gasteiger partial charge is 0.323 e. The molecule has 0 aromatic rings. The van der Waals surface area contributed by atoms with E-state index in [4.69, 9.17) is 10.8 Å². The van der Waals surface area contributed by atoms with E-state index in [2.05, 4.69) is 0 Å². The first-order chi connectivity index (χ1) is 5.92. The van der Waals surface area contributed by atoms with Gasteiger partial charge in [-0.2, -0.15) is 0 Å². The SMILES string of the molecule is CN(C)C=O.NC1(C(=O)O)CCC1. The summed E-state index contributed by atoms with van der Waals surface area (Å²) in [6.07, 6.45) is 2.99. The quantitative estimate of drug-likeness (QED) is 0.580. The minimum Gasteiger partial charge on any atom is -0.480 e. The third-order valence-electron chi connectivity index (χ3n) is 1.88. The summed E-state index contributed by atoms with van der Waals surface area (Å²) in [6.45, 7) is 0. The molecule has 0 aromatic carbocycles. The van der Waals surface area contributed by atoms with E-state index in [1.807, 2.05) is 0 Å². The lowest BCUT2D eigenvalue weighted by Crippen LogP contribution is -2.53. The van der Waals surface area contributed by atoms with Gasteiger partial charge in [-0.25, -0.2) is 0 Å². The lowest BCUT2D eigenvalue weighted by Gasteiger charge is -2.32. The second kappa shape index (κ2) is 4.81. The van der Waals surface area contributed by atoms with Crippen LogP contribution in [0.5, 0.6) is 0 Å². The van der Waals surface area contributed by atoms with Crippen LogP contribution in [-0.4, -0.2) is 42.0 Å². The summed E-state index contributed by atoms with van der Waals surface area (Å²) in [4.78, 5) is 21.1. The average molecular weight is 188 g/mol. The first-order valence-electron chi connectivity index (χ1n) is 4.06. The minimum atomic E-state index is -0.861. The molecule has 5 heteroatoms. The van der Waals surface area contributed by atoms with Crippen LogP contribution in [0.2, 0.25) is 0 Å². The van der Waals surface area contributed by atoms with Gasteiger partial charge in [-0.3, -0.25) is 9.59 Å². The second-order valence-electron chi connectivity index (χ2n) is 3.38. The van der Waals surface area contributed by atoms with E-state index in [0.717, 1.165) is 12.8 Å². The van der Waals surface area contributed by atoms with Gasteiger partial charge in [0.25, 0.3) is 0 Å². The van der Waals surface area contributed by atoms with Crippen LogP contribution in [0, 0.1) is 0 Å². The number of hydrogen-bond acceptors (Lipinski definition) is 3. The predicted octanol–water partition coefficient (Wildman–Crippen LogP) is -0.343. The maximum atomic E-state index is 10.2. The first-order valence-corrected chi connectivity index (χ1v) is 4.06. The highest BCUT2D eigenvalue weighted by atomic mass is 16.4. The molecule has 1 saturated carbocycles. The third kappa shape index (κ3) is 3.89. The van der Waals surface area contributed by atoms with Crippen molar-refractivity contribution < 1.29 is 14.7 Å². The molecular weight excluding hydrogens is 172 g/mol. The van der Waals surface area contributed by atoms with Crippen LogP contribution in [0.3, 0.4) is 0 Å². The molecule has 1 rings (SSSR count). The molecule has 0 unspecified atom stereocenters. The van der Waals surface area contributed by atoms with Gasteiger partial charge < -0.3 is 15.7 Å². The topological polar surface area (TPSA) is 83.6 Å². The van der Waals surface area contributed by atoms with Crippen LogP contribution in [0.4, 0.5) is 0 Å². The van der Waals surface area contributed by atoms with E-state index >= 15 is 0 Å². The van der Waals surface area contributed by atoms with Gasteiger partial charge in [0.15, 0.2) is 0 Å². The standard InChI is InChI=1S/C5H9NO2.C3H7NO/c6-5(4(7)8)2-1-3-5;1-4(2)3-5/h1-3,6H2,(H,7,8);3H,1-2H3. The Kier molecular flexibility index (Phi) is 4.40. The number of carboxylic acid groups (broad SMARTS) is 1. The zero-order valence-corrected chi connectivity index (χ0v) is 7.99. The summed E-state index contributed by atoms with van der Waals surface area (Å²) in [5.74, 6) is -0.858. The summed E-state index contributed by atoms with van der Waals surface area (Å²) in [7, 11) is 3.38. The number of carbonyl (C=O) groups is 2. The van der Waals surface area contributed by atoms with E-state index in [-0.39, 0.29) is 0 Å². The van der Waals surface area contributed by atoms with Gasteiger partial charge in [0, 0.05) is 14.1 Å². The fourth-order valence-electron chi connectivity index (χ4n) is 0.772. The van der Waals surface area contributed by atoms with Crippen molar-refractivity contribution in [3.63, 3.8) is 0 Å². The summed E-state index contributed by atoms with van der Waals surface area (Å²) in [6, 6.07) is 0. The Morgan fingerprint density at radius 1 is 1.54 bits per heavy atom. The van der Waals surface area contributed by atoms with Crippen molar-refractivity contribution in [1.82, 2.24) is 4.90 Å². The number of carbonyl (C=O) groups excluding carboxylic acids is 1. The van der Waals surface area contributed by atoms with Gasteiger partial charge in [0.05, 0.1) is 0 Å². The Morgan fingerprint density at radius 3 is 1.92 bits per heavy atom. The fraction of sp³-hybridized carbons (Fsp3) is 0.750. The number of nitrogens with zero attached hydrogens (tertiary/aromatic N) is 1. The van der Waals surface area contributed by atoms with Crippen LogP contribution >= 0.6 is 0 Å². The van der Waals surface area contributed by atoms with Gasteiger partial charge in [-0.05, 0) is 19.3 Å². The number of carboxylic acids is 1. The maximum Gasteiger partial charge on any atom is 0.323 e. The maximum absolute atomic E-state index is 10.2. The fourth-order valence-corrected chi connectivity index (χ4v) is 0.772. The van der Waals surface area contributed by atoms with Crippen molar-refractivity contribution >= 4 is 12.4 Å². The molecule has 0 aliphatic heterocycles. The van der Waals surface area contributed by atoms with Crippen molar-refractivity contribution in [2.45, 2.75) is 24.8 Å². The van der Waals surface area contributed by atoms with Crippen LogP contribution < -0.4 is 5.73 Å². The lowest BCUT2D eigenvalue weighted by molar-refractivity contribution is -0.146. The molecule has 0 atom stereocenters. The Labute approximate surface area is 77.5 Å². The highest BCUT2D eigenvalue weighted by Crippen LogP contribution is 2.28. The van der Waals surface area contributed by atoms with Crippen molar-refractivity contribution in [3.8, 4) is 0 Å². The summed E-state index contributed by atoms with van der Waals surface area (Å²) in [5, 5.41) is 8.37. The number of rotatable bonds is 2. The monoisotopic (exact) mass is 188 g/mol. The first kappa shape index (κ1) is 11.9. The van der Waals surface area contributed by atoms with E-state index in [9.17, 15) is 9.59 Å². The van der Waals surface area contributed by atoms with Crippen molar-refractivity contribution in [1.29, 1.82) is 0 Å². The van der Waals surface area contributed by atoms with Gasteiger partial charge >= 0.3 is 5.97 Å². The number of amides is 1. The molecule has 5 nitrogen and oxygen atoms in total. The summed E-state index contributed by atoms with van der Waals surface area (Å²) in [5.41, 5.74) is 4.48. The zero-order valence-electron chi connectivity index (χ0n) is 7.99. The summed E-state index contributed by atoms with van der Waals surface area (Å²) < 4.78 is 0. The average Bonchev–Trinajstić information content (AvgIpc) is 2.01. The van der Waals surface area contributed by atoms with E-state index in [1.54, 1.807) is 14.1 Å². The Hall–Kier alpha value is -1.10. The molecule has 0 heterocycles. The molecule has 0 aromatic heterocycles. The number of hydrogen-bond donors (Lipinski definition) is 2. The van der Waals surface area contributed by atoms with Crippen LogP contribution in [-0.2, 0) is 9.59 Å². The molecule has 76 valence electrons. The lowest BCUT2D eigenvalue weighted by atomic mass is 9.78. The Balaban J connectivity index is 0.000000252. The highest BCUT2D eigenvalue weighted by Gasteiger charge is 2.39. The van der Waals surface area contributed by atoms with Crippen molar-refractivity contribution in [2.75, 3.05) is 14.1 Å². The molecule has 3 N–H and O–H groups in total. The molecule has 1 aliphatic rings. The number of aliphatic carboxylic acids is 1. The molecule has 1 amide bonds. The zero-order chi connectivity index (χ0) is 10.5. The predicted molar refractivity (Wildman–Crippen MR) is 48.2 cm³/mol. The van der Waals surface area contributed by atoms with Crippen LogP contribution in [0.1, 0.15) is 19.3 Å². The van der Waals surface area contributed by atoms with E-state index in [1.165, 1.54) is 4.90 Å². The van der Waals surface area contributed by atoms with Gasteiger partial charge in [-0.15, -0.1) is 0 Å². The Bertz CT molecular complexity index is 188. The molecule has 0 radical (unpaired) electrons. The highest BCUT2D eigenvalue weighted by molar-refractivity contribution is 5.79. The molecule has 1 fully saturated rings. The summed E-state index contributed by atoms with van der Waals surface area (Å²) >= 11 is 0. The molecular formula is C8H16N2O3. The second-order valence-corrected chi connectivity index (χ2v) is 3.38. The van der Waals surface area contributed by atoms with Crippen molar-refractivity contribution in [3.05, 3.63) is 0 Å². The molecule has 1 aliphatic carbocycles. The van der Waals surface area contributed by atoms with Gasteiger partial charge in [0.2, 0.25) is 6.41 Å². The van der Waals surface area contributed by atoms with E-state index in [0.29, 0.717) is 12.8 Å².